The predicted octanol–water partition coefficient (Wildman–Crippen LogP) is 4.05. The first kappa shape index (κ1) is 24.0. The van der Waals surface area contributed by atoms with Gasteiger partial charge in [0.15, 0.2) is 11.7 Å². The maximum Gasteiger partial charge on any atom is 0.326 e. The van der Waals surface area contributed by atoms with E-state index in [1.54, 1.807) is 38.2 Å². The molecule has 2 heterocycles. The van der Waals surface area contributed by atoms with Crippen LogP contribution < -0.4 is 9.80 Å². The van der Waals surface area contributed by atoms with E-state index in [1.807, 2.05) is 42.5 Å². The summed E-state index contributed by atoms with van der Waals surface area (Å²) in [5.41, 5.74) is -0.313. The fourth-order valence-electron chi connectivity index (χ4n) is 4.80. The number of methoxy groups -OCH3 is 1. The summed E-state index contributed by atoms with van der Waals surface area (Å²) in [6.07, 6.45) is 0.227. The normalized spacial score (nSPS) is 23.5. The van der Waals surface area contributed by atoms with Gasteiger partial charge in [-0.3, -0.25) is 9.59 Å². The molecular formula is C26H31NO7. The van der Waals surface area contributed by atoms with Crippen LogP contribution in [0, 0.1) is 11.3 Å². The summed E-state index contributed by atoms with van der Waals surface area (Å²) in [5, 5.41) is 1.62. The zero-order chi connectivity index (χ0) is 24.1. The smallest absolute Gasteiger partial charge is 0.326 e. The number of hydroxylamine groups is 1. The van der Waals surface area contributed by atoms with Crippen molar-refractivity contribution in [2.24, 2.45) is 11.3 Å². The lowest BCUT2D eigenvalue weighted by molar-refractivity contribution is -0.176. The van der Waals surface area contributed by atoms with E-state index in [0.29, 0.717) is 30.0 Å². The largest absolute Gasteiger partial charge is 0.497 e. The Morgan fingerprint density at radius 1 is 1.00 bits per heavy atom. The molecule has 2 aromatic carbocycles. The number of carbonyl (C=O) groups is 2. The minimum Gasteiger partial charge on any atom is -0.497 e. The van der Waals surface area contributed by atoms with Crippen LogP contribution in [0.4, 0.5) is 5.69 Å². The molecule has 0 amide bonds. The van der Waals surface area contributed by atoms with Gasteiger partial charge in [0.2, 0.25) is 0 Å². The van der Waals surface area contributed by atoms with Crippen LogP contribution in [-0.4, -0.2) is 45.2 Å². The van der Waals surface area contributed by atoms with E-state index >= 15 is 0 Å². The molecule has 182 valence electrons. The summed E-state index contributed by atoms with van der Waals surface area (Å²) in [5.74, 6) is -0.802. The average molecular weight is 470 g/mol. The molecule has 0 unspecified atom stereocenters. The number of rotatable bonds is 7. The van der Waals surface area contributed by atoms with E-state index in [1.165, 1.54) is 0 Å². The molecule has 2 aliphatic rings. The molecule has 0 N–H and O–H groups in total. The molecular weight excluding hydrogens is 438 g/mol. The zero-order valence-corrected chi connectivity index (χ0v) is 19.8. The SMILES string of the molecule is CCOC(=O)C1(C(=O)OCC)C[C@H]2CCO[C@@H]2ON(c2ccccc2)[C@H]1c1ccc(OC)cc1. The van der Waals surface area contributed by atoms with Gasteiger partial charge in [0, 0.05) is 5.92 Å². The number of hydrogen-bond acceptors (Lipinski definition) is 8. The number of ether oxygens (including phenoxy) is 4. The van der Waals surface area contributed by atoms with Crippen LogP contribution in [0.3, 0.4) is 0 Å². The highest BCUT2D eigenvalue weighted by Gasteiger charge is 2.62. The quantitative estimate of drug-likeness (QED) is 0.444. The predicted molar refractivity (Wildman–Crippen MR) is 124 cm³/mol. The number of nitrogens with zero attached hydrogens (tertiary/aromatic N) is 1. The highest BCUT2D eigenvalue weighted by atomic mass is 16.8. The van der Waals surface area contributed by atoms with E-state index in [4.69, 9.17) is 23.8 Å². The Morgan fingerprint density at radius 2 is 1.65 bits per heavy atom. The van der Waals surface area contributed by atoms with E-state index in [2.05, 4.69) is 0 Å². The molecule has 2 fully saturated rings. The van der Waals surface area contributed by atoms with Crippen molar-refractivity contribution in [2.75, 3.05) is 32.0 Å². The van der Waals surface area contributed by atoms with Crippen molar-refractivity contribution in [1.29, 1.82) is 0 Å². The summed E-state index contributed by atoms with van der Waals surface area (Å²) < 4.78 is 22.3. The van der Waals surface area contributed by atoms with Gasteiger partial charge in [-0.2, -0.15) is 0 Å². The molecule has 2 aliphatic heterocycles. The summed E-state index contributed by atoms with van der Waals surface area (Å²) >= 11 is 0. The van der Waals surface area contributed by atoms with Crippen molar-refractivity contribution in [3.05, 3.63) is 60.2 Å². The van der Waals surface area contributed by atoms with Crippen LogP contribution in [0.15, 0.2) is 54.6 Å². The highest BCUT2D eigenvalue weighted by Crippen LogP contribution is 2.52. The Kier molecular flexibility index (Phi) is 7.38. The third-order valence-corrected chi connectivity index (χ3v) is 6.38. The fraction of sp³-hybridized carbons (Fsp3) is 0.462. The molecule has 8 heteroatoms. The number of anilines is 1. The number of para-hydroxylation sites is 1. The first-order valence-corrected chi connectivity index (χ1v) is 11.7. The monoisotopic (exact) mass is 469 g/mol. The van der Waals surface area contributed by atoms with E-state index in [9.17, 15) is 9.59 Å². The molecule has 0 aromatic heterocycles. The van der Waals surface area contributed by atoms with Gasteiger partial charge >= 0.3 is 11.9 Å². The maximum atomic E-state index is 13.8. The lowest BCUT2D eigenvalue weighted by atomic mass is 9.70. The minimum absolute atomic E-state index is 0.131. The molecule has 0 spiro atoms. The Hall–Kier alpha value is -3.10. The number of carbonyl (C=O) groups excluding carboxylic acids is 2. The van der Waals surface area contributed by atoms with Gasteiger partial charge in [0.05, 0.1) is 32.6 Å². The van der Waals surface area contributed by atoms with E-state index in [0.717, 1.165) is 0 Å². The molecule has 0 saturated carbocycles. The number of benzene rings is 2. The number of fused-ring (bicyclic) bond motifs is 1. The zero-order valence-electron chi connectivity index (χ0n) is 19.8. The molecule has 3 atom stereocenters. The van der Waals surface area contributed by atoms with Crippen LogP contribution in [0.2, 0.25) is 0 Å². The highest BCUT2D eigenvalue weighted by molar-refractivity contribution is 6.02. The molecule has 0 radical (unpaired) electrons. The van der Waals surface area contributed by atoms with E-state index in [-0.39, 0.29) is 25.6 Å². The summed E-state index contributed by atoms with van der Waals surface area (Å²) in [7, 11) is 1.58. The molecule has 0 aliphatic carbocycles. The Morgan fingerprint density at radius 3 is 2.24 bits per heavy atom. The molecule has 34 heavy (non-hydrogen) atoms. The summed E-state index contributed by atoms with van der Waals surface area (Å²) in [6, 6.07) is 15.8. The van der Waals surface area contributed by atoms with Crippen LogP contribution in [0.5, 0.6) is 5.75 Å². The second kappa shape index (κ2) is 10.4. The second-order valence-electron chi connectivity index (χ2n) is 8.35. The topological polar surface area (TPSA) is 83.5 Å². The Labute approximate surface area is 199 Å². The second-order valence-corrected chi connectivity index (χ2v) is 8.35. The Balaban J connectivity index is 1.97. The van der Waals surface area contributed by atoms with Gasteiger partial charge in [-0.15, -0.1) is 0 Å². The van der Waals surface area contributed by atoms with Crippen LogP contribution >= 0.6 is 0 Å². The maximum absolute atomic E-state index is 13.8. The number of hydrogen-bond donors (Lipinski definition) is 0. The van der Waals surface area contributed by atoms with Crippen molar-refractivity contribution in [2.45, 2.75) is 39.0 Å². The number of esters is 2. The van der Waals surface area contributed by atoms with Gasteiger partial charge in [0.25, 0.3) is 0 Å². The molecule has 0 bridgehead atoms. The van der Waals surface area contributed by atoms with Crippen LogP contribution in [0.25, 0.3) is 0 Å². The van der Waals surface area contributed by atoms with Crippen molar-refractivity contribution in [3.63, 3.8) is 0 Å². The standard InChI is InChI=1S/C26H31NO7/c1-4-31-24(28)26(25(29)32-5-2)17-19-15-16-33-23(19)34-27(20-9-7-6-8-10-20)22(26)18-11-13-21(30-3)14-12-18/h6-14,19,22-23H,4-5,15-17H2,1-3H3/t19-,22+,23-/m1/s1. The van der Waals surface area contributed by atoms with Crippen molar-refractivity contribution < 1.29 is 33.4 Å². The van der Waals surface area contributed by atoms with Gasteiger partial charge < -0.3 is 18.9 Å². The first-order valence-electron chi connectivity index (χ1n) is 11.7. The first-order chi connectivity index (χ1) is 16.5. The van der Waals surface area contributed by atoms with Crippen molar-refractivity contribution >= 4 is 17.6 Å². The third kappa shape index (κ3) is 4.35. The average Bonchev–Trinajstić information content (AvgIpc) is 3.24. The summed E-state index contributed by atoms with van der Waals surface area (Å²) in [6.45, 7) is 4.19. The van der Waals surface area contributed by atoms with Gasteiger partial charge in [-0.25, -0.2) is 9.90 Å². The summed E-state index contributed by atoms with van der Waals surface area (Å²) in [4.78, 5) is 34.0. The van der Waals surface area contributed by atoms with Gasteiger partial charge in [-0.1, -0.05) is 30.3 Å². The fourth-order valence-corrected chi connectivity index (χ4v) is 4.80. The third-order valence-electron chi connectivity index (χ3n) is 6.38. The van der Waals surface area contributed by atoms with Crippen molar-refractivity contribution in [3.8, 4) is 5.75 Å². The Bertz CT molecular complexity index is 960. The lowest BCUT2D eigenvalue weighted by Gasteiger charge is -2.41. The van der Waals surface area contributed by atoms with Crippen LogP contribution in [-0.2, 0) is 28.6 Å². The van der Waals surface area contributed by atoms with Crippen LogP contribution in [0.1, 0.15) is 38.3 Å². The lowest BCUT2D eigenvalue weighted by Crippen LogP contribution is -2.52. The molecule has 4 rings (SSSR count). The molecule has 8 nitrogen and oxygen atoms in total. The van der Waals surface area contributed by atoms with Gasteiger partial charge in [0.1, 0.15) is 11.8 Å². The van der Waals surface area contributed by atoms with E-state index < -0.39 is 29.7 Å². The minimum atomic E-state index is -1.68. The molecule has 2 aromatic rings. The molecule has 2 saturated heterocycles. The van der Waals surface area contributed by atoms with Crippen molar-refractivity contribution in [1.82, 2.24) is 0 Å². The van der Waals surface area contributed by atoms with Gasteiger partial charge in [-0.05, 0) is 56.5 Å².